The summed E-state index contributed by atoms with van der Waals surface area (Å²) >= 11 is 0. The van der Waals surface area contributed by atoms with Gasteiger partial charge in [-0.3, -0.25) is 0 Å². The van der Waals surface area contributed by atoms with E-state index in [2.05, 4.69) is 16.9 Å². The normalized spacial score (nSPS) is 19.6. The molecule has 1 heterocycles. The van der Waals surface area contributed by atoms with E-state index in [1.165, 1.54) is 31.4 Å². The highest BCUT2D eigenvalue weighted by molar-refractivity contribution is 5.11. The Labute approximate surface area is 91.5 Å². The van der Waals surface area contributed by atoms with E-state index in [4.69, 9.17) is 5.73 Å². The number of aromatic amines is 1. The first-order valence-electron chi connectivity index (χ1n) is 6.06. The van der Waals surface area contributed by atoms with Crippen molar-refractivity contribution >= 4 is 0 Å². The van der Waals surface area contributed by atoms with Gasteiger partial charge in [-0.25, -0.2) is 4.98 Å². The van der Waals surface area contributed by atoms with E-state index < -0.39 is 0 Å². The molecule has 0 spiro atoms. The quantitative estimate of drug-likeness (QED) is 0.797. The fourth-order valence-corrected chi connectivity index (χ4v) is 2.43. The third-order valence-corrected chi connectivity index (χ3v) is 3.48. The van der Waals surface area contributed by atoms with E-state index in [1.54, 1.807) is 0 Å². The largest absolute Gasteiger partial charge is 0.345 e. The minimum atomic E-state index is 0.463. The molecule has 3 N–H and O–H groups in total. The van der Waals surface area contributed by atoms with Crippen molar-refractivity contribution in [1.82, 2.24) is 9.97 Å². The molecule has 0 radical (unpaired) electrons. The maximum Gasteiger partial charge on any atom is 0.109 e. The van der Waals surface area contributed by atoms with Crippen molar-refractivity contribution in [3.8, 4) is 0 Å². The molecule has 1 saturated carbocycles. The van der Waals surface area contributed by atoms with E-state index in [9.17, 15) is 0 Å². The van der Waals surface area contributed by atoms with Crippen LogP contribution in [0.2, 0.25) is 0 Å². The van der Waals surface area contributed by atoms with Crippen LogP contribution in [-0.4, -0.2) is 16.5 Å². The molecule has 0 saturated heterocycles. The topological polar surface area (TPSA) is 54.7 Å². The van der Waals surface area contributed by atoms with Crippen LogP contribution in [0.5, 0.6) is 0 Å². The monoisotopic (exact) mass is 207 g/mol. The maximum atomic E-state index is 5.55. The molecule has 3 nitrogen and oxygen atoms in total. The molecule has 1 aliphatic rings. The Morgan fingerprint density at radius 1 is 1.53 bits per heavy atom. The van der Waals surface area contributed by atoms with Crippen LogP contribution in [-0.2, 0) is 0 Å². The van der Waals surface area contributed by atoms with Crippen molar-refractivity contribution in [3.05, 3.63) is 17.7 Å². The predicted molar refractivity (Wildman–Crippen MR) is 61.9 cm³/mol. The molecule has 1 unspecified atom stereocenters. The summed E-state index contributed by atoms with van der Waals surface area (Å²) in [5.74, 6) is 2.31. The lowest BCUT2D eigenvalue weighted by molar-refractivity contribution is 0.644. The summed E-state index contributed by atoms with van der Waals surface area (Å²) in [6.07, 6.45) is 8.44. The van der Waals surface area contributed by atoms with Crippen LogP contribution in [0.25, 0.3) is 0 Å². The SMILES string of the molecule is CC(CCN)c1ncc(C2CCCC2)[nH]1. The molecule has 0 aliphatic heterocycles. The Bertz CT molecular complexity index is 300. The zero-order chi connectivity index (χ0) is 10.7. The van der Waals surface area contributed by atoms with Gasteiger partial charge < -0.3 is 10.7 Å². The standard InChI is InChI=1S/C12H21N3/c1-9(6-7-13)12-14-8-11(15-12)10-4-2-3-5-10/h8-10H,2-7,13H2,1H3,(H,14,15). The molecule has 3 heteroatoms. The number of hydrogen-bond acceptors (Lipinski definition) is 2. The number of nitrogens with two attached hydrogens (primary N) is 1. The minimum absolute atomic E-state index is 0.463. The summed E-state index contributed by atoms with van der Waals surface area (Å²) < 4.78 is 0. The molecule has 1 aliphatic carbocycles. The summed E-state index contributed by atoms with van der Waals surface area (Å²) in [4.78, 5) is 7.94. The van der Waals surface area contributed by atoms with Crippen molar-refractivity contribution < 1.29 is 0 Å². The van der Waals surface area contributed by atoms with Crippen molar-refractivity contribution in [2.24, 2.45) is 5.73 Å². The first-order chi connectivity index (χ1) is 7.31. The van der Waals surface area contributed by atoms with Gasteiger partial charge in [0.2, 0.25) is 0 Å². The van der Waals surface area contributed by atoms with Crippen LogP contribution in [0.1, 0.15) is 62.4 Å². The van der Waals surface area contributed by atoms with Gasteiger partial charge in [-0.1, -0.05) is 19.8 Å². The fourth-order valence-electron chi connectivity index (χ4n) is 2.43. The van der Waals surface area contributed by atoms with Gasteiger partial charge in [0.15, 0.2) is 0 Å². The van der Waals surface area contributed by atoms with Crippen LogP contribution in [0.3, 0.4) is 0 Å². The van der Waals surface area contributed by atoms with Gasteiger partial charge in [0.1, 0.15) is 5.82 Å². The summed E-state index contributed by atoms with van der Waals surface area (Å²) in [7, 11) is 0. The third-order valence-electron chi connectivity index (χ3n) is 3.48. The second-order valence-electron chi connectivity index (χ2n) is 4.68. The molecule has 0 aromatic carbocycles. The van der Waals surface area contributed by atoms with E-state index in [0.717, 1.165) is 24.7 Å². The van der Waals surface area contributed by atoms with Gasteiger partial charge in [0.05, 0.1) is 0 Å². The highest BCUT2D eigenvalue weighted by Crippen LogP contribution is 2.33. The zero-order valence-electron chi connectivity index (χ0n) is 9.50. The molecule has 1 aromatic heterocycles. The van der Waals surface area contributed by atoms with Crippen LogP contribution in [0, 0.1) is 0 Å². The van der Waals surface area contributed by atoms with E-state index in [1.807, 2.05) is 6.20 Å². The Balaban J connectivity index is 2.02. The van der Waals surface area contributed by atoms with Crippen LogP contribution in [0.4, 0.5) is 0 Å². The summed E-state index contributed by atoms with van der Waals surface area (Å²) in [5, 5.41) is 0. The lowest BCUT2D eigenvalue weighted by atomic mass is 10.1. The first kappa shape index (κ1) is 10.7. The third kappa shape index (κ3) is 2.40. The first-order valence-corrected chi connectivity index (χ1v) is 6.06. The van der Waals surface area contributed by atoms with E-state index in [0.29, 0.717) is 5.92 Å². The van der Waals surface area contributed by atoms with Gasteiger partial charge in [-0.05, 0) is 25.8 Å². The van der Waals surface area contributed by atoms with Crippen molar-refractivity contribution in [1.29, 1.82) is 0 Å². The van der Waals surface area contributed by atoms with Crippen LogP contribution >= 0.6 is 0 Å². The minimum Gasteiger partial charge on any atom is -0.345 e. The van der Waals surface area contributed by atoms with Gasteiger partial charge in [0.25, 0.3) is 0 Å². The number of imidazole rings is 1. The van der Waals surface area contributed by atoms with Gasteiger partial charge in [-0.2, -0.15) is 0 Å². The molecule has 1 atom stereocenters. The molecule has 0 amide bonds. The fraction of sp³-hybridized carbons (Fsp3) is 0.750. The molecule has 1 fully saturated rings. The van der Waals surface area contributed by atoms with Crippen LogP contribution < -0.4 is 5.73 Å². The molecular weight excluding hydrogens is 186 g/mol. The van der Waals surface area contributed by atoms with Crippen molar-refractivity contribution in [3.63, 3.8) is 0 Å². The predicted octanol–water partition coefficient (Wildman–Crippen LogP) is 2.52. The van der Waals surface area contributed by atoms with Crippen molar-refractivity contribution in [2.75, 3.05) is 6.54 Å². The van der Waals surface area contributed by atoms with E-state index >= 15 is 0 Å². The lowest BCUT2D eigenvalue weighted by Gasteiger charge is -2.07. The average molecular weight is 207 g/mol. The lowest BCUT2D eigenvalue weighted by Crippen LogP contribution is -2.06. The van der Waals surface area contributed by atoms with Crippen LogP contribution in [0.15, 0.2) is 6.20 Å². The second kappa shape index (κ2) is 4.79. The summed E-state index contributed by atoms with van der Waals surface area (Å²) in [6, 6.07) is 0. The molecule has 2 rings (SSSR count). The maximum absolute atomic E-state index is 5.55. The molecule has 0 bridgehead atoms. The van der Waals surface area contributed by atoms with Crippen molar-refractivity contribution in [2.45, 2.75) is 50.9 Å². The average Bonchev–Trinajstić information content (AvgIpc) is 2.89. The highest BCUT2D eigenvalue weighted by Gasteiger charge is 2.19. The number of hydrogen-bond donors (Lipinski definition) is 2. The van der Waals surface area contributed by atoms with Gasteiger partial charge in [0, 0.05) is 23.7 Å². The number of nitrogens with one attached hydrogen (secondary N) is 1. The summed E-state index contributed by atoms with van der Waals surface area (Å²) in [5.41, 5.74) is 6.89. The second-order valence-corrected chi connectivity index (χ2v) is 4.68. The molecular formula is C12H21N3. The summed E-state index contributed by atoms with van der Waals surface area (Å²) in [6.45, 7) is 2.92. The van der Waals surface area contributed by atoms with E-state index in [-0.39, 0.29) is 0 Å². The Morgan fingerprint density at radius 3 is 2.93 bits per heavy atom. The number of nitrogens with zero attached hydrogens (tertiary/aromatic N) is 1. The number of rotatable bonds is 4. The van der Waals surface area contributed by atoms with Gasteiger partial charge >= 0.3 is 0 Å². The zero-order valence-corrected chi connectivity index (χ0v) is 9.50. The molecule has 1 aromatic rings. The Hall–Kier alpha value is -0.830. The molecule has 15 heavy (non-hydrogen) atoms. The smallest absolute Gasteiger partial charge is 0.109 e. The Kier molecular flexibility index (Phi) is 3.41. The number of H-pyrrole nitrogens is 1. The molecule has 84 valence electrons. The highest BCUT2D eigenvalue weighted by atomic mass is 14.9. The number of aromatic nitrogens is 2. The Morgan fingerprint density at radius 2 is 2.27 bits per heavy atom. The van der Waals surface area contributed by atoms with Gasteiger partial charge in [-0.15, -0.1) is 0 Å².